The summed E-state index contributed by atoms with van der Waals surface area (Å²) in [6, 6.07) is 6.12. The van der Waals surface area contributed by atoms with E-state index >= 15 is 0 Å². The zero-order chi connectivity index (χ0) is 18.3. The molecule has 1 saturated heterocycles. The van der Waals surface area contributed by atoms with Gasteiger partial charge in [0.1, 0.15) is 13.0 Å². The fourth-order valence-corrected chi connectivity index (χ4v) is 2.40. The molecular formula is C14H11F5N2O2S. The van der Waals surface area contributed by atoms with Gasteiger partial charge in [0.2, 0.25) is 11.8 Å². The zero-order valence-electron chi connectivity index (χ0n) is 12.2. The average molecular weight is 366 g/mol. The van der Waals surface area contributed by atoms with Crippen molar-refractivity contribution in [2.75, 3.05) is 11.4 Å². The fourth-order valence-electron chi connectivity index (χ4n) is 2.03. The molecule has 0 radical (unpaired) electrons. The van der Waals surface area contributed by atoms with E-state index in [0.717, 1.165) is 10.5 Å². The van der Waals surface area contributed by atoms with Crippen LogP contribution in [0.5, 0.6) is 0 Å². The minimum Gasteiger partial charge on any atom is -0.282 e. The predicted octanol–water partition coefficient (Wildman–Crippen LogP) is 3.04. The van der Waals surface area contributed by atoms with Gasteiger partial charge >= 0.3 is 12.1 Å². The van der Waals surface area contributed by atoms with Crippen LogP contribution in [0.2, 0.25) is 0 Å². The van der Waals surface area contributed by atoms with Gasteiger partial charge in [-0.2, -0.15) is 22.0 Å². The van der Waals surface area contributed by atoms with Crippen LogP contribution < -0.4 is 4.90 Å². The summed E-state index contributed by atoms with van der Waals surface area (Å²) in [6.07, 6.45) is -6.68. The van der Waals surface area contributed by atoms with Crippen LogP contribution in [0.4, 0.5) is 27.6 Å². The molecule has 2 rings (SSSR count). The second-order valence-corrected chi connectivity index (χ2v) is 5.57. The molecule has 1 fully saturated rings. The standard InChI is InChI=1S/C14H11F5N2O2S/c1-8-2-4-9(5-3-8)21-11(23)6-10(22)20(12(21)24)7-13(15,16)14(17,18)19/h2-5H,6-7H2,1H3. The highest BCUT2D eigenvalue weighted by molar-refractivity contribution is 7.80. The molecule has 0 spiro atoms. The van der Waals surface area contributed by atoms with Crippen LogP contribution in [0.25, 0.3) is 0 Å². The average Bonchev–Trinajstić information content (AvgIpc) is 2.44. The van der Waals surface area contributed by atoms with E-state index in [-0.39, 0.29) is 10.6 Å². The van der Waals surface area contributed by atoms with Gasteiger partial charge in [-0.25, -0.2) is 0 Å². The topological polar surface area (TPSA) is 40.6 Å². The lowest BCUT2D eigenvalue weighted by Crippen LogP contribution is -2.59. The Hall–Kier alpha value is -2.10. The molecule has 4 nitrogen and oxygen atoms in total. The number of rotatable bonds is 3. The van der Waals surface area contributed by atoms with E-state index in [0.29, 0.717) is 0 Å². The molecule has 10 heteroatoms. The largest absolute Gasteiger partial charge is 0.455 e. The molecule has 1 aromatic carbocycles. The molecule has 0 aliphatic carbocycles. The molecule has 0 unspecified atom stereocenters. The molecule has 2 amide bonds. The van der Waals surface area contributed by atoms with E-state index in [2.05, 4.69) is 0 Å². The summed E-state index contributed by atoms with van der Waals surface area (Å²) >= 11 is 4.82. The summed E-state index contributed by atoms with van der Waals surface area (Å²) in [5, 5.41) is -0.705. The normalized spacial score (nSPS) is 16.8. The summed E-state index contributed by atoms with van der Waals surface area (Å²) in [5.41, 5.74) is 1.02. The van der Waals surface area contributed by atoms with Gasteiger partial charge in [-0.15, -0.1) is 0 Å². The van der Waals surface area contributed by atoms with Crippen LogP contribution in [-0.2, 0) is 9.59 Å². The van der Waals surface area contributed by atoms with Crippen LogP contribution in [0.15, 0.2) is 24.3 Å². The number of aryl methyl sites for hydroxylation is 1. The number of carbonyl (C=O) groups excluding carboxylic acids is 2. The van der Waals surface area contributed by atoms with E-state index in [4.69, 9.17) is 12.2 Å². The Morgan fingerprint density at radius 1 is 1.04 bits per heavy atom. The van der Waals surface area contributed by atoms with Gasteiger partial charge in [-0.05, 0) is 31.3 Å². The van der Waals surface area contributed by atoms with E-state index < -0.39 is 42.0 Å². The molecule has 0 saturated carbocycles. The van der Waals surface area contributed by atoms with Crippen LogP contribution in [-0.4, -0.2) is 40.5 Å². The Labute approximate surface area is 138 Å². The first-order chi connectivity index (χ1) is 10.9. The third-order valence-electron chi connectivity index (χ3n) is 3.34. The lowest BCUT2D eigenvalue weighted by Gasteiger charge is -2.37. The highest BCUT2D eigenvalue weighted by Gasteiger charge is 2.59. The molecule has 0 aromatic heterocycles. The van der Waals surface area contributed by atoms with E-state index in [9.17, 15) is 31.5 Å². The lowest BCUT2D eigenvalue weighted by atomic mass is 10.1. The molecule has 1 heterocycles. The van der Waals surface area contributed by atoms with Gasteiger partial charge in [0.25, 0.3) is 0 Å². The summed E-state index contributed by atoms with van der Waals surface area (Å²) in [6.45, 7) is -0.205. The maximum atomic E-state index is 13.3. The Morgan fingerprint density at radius 2 is 1.58 bits per heavy atom. The molecule has 1 aliphatic heterocycles. The number of amides is 2. The van der Waals surface area contributed by atoms with Gasteiger partial charge in [0.15, 0.2) is 5.11 Å². The van der Waals surface area contributed by atoms with Crippen LogP contribution in [0.1, 0.15) is 12.0 Å². The Bertz CT molecular complexity index is 687. The SMILES string of the molecule is Cc1ccc(N2C(=O)CC(=O)N(CC(F)(F)C(F)(F)F)C2=S)cc1. The second kappa shape index (κ2) is 6.08. The van der Waals surface area contributed by atoms with Gasteiger partial charge < -0.3 is 0 Å². The van der Waals surface area contributed by atoms with Gasteiger partial charge in [0.05, 0.1) is 5.69 Å². The highest BCUT2D eigenvalue weighted by Crippen LogP contribution is 2.37. The van der Waals surface area contributed by atoms with Gasteiger partial charge in [-0.3, -0.25) is 19.4 Å². The quantitative estimate of drug-likeness (QED) is 0.469. The summed E-state index contributed by atoms with van der Waals surface area (Å²) < 4.78 is 63.6. The Balaban J connectivity index is 2.33. The van der Waals surface area contributed by atoms with Crippen molar-refractivity contribution in [2.24, 2.45) is 0 Å². The summed E-state index contributed by atoms with van der Waals surface area (Å²) in [4.78, 5) is 24.6. The number of halogens is 5. The fraction of sp³-hybridized carbons (Fsp3) is 0.357. The van der Waals surface area contributed by atoms with Crippen molar-refractivity contribution in [2.45, 2.75) is 25.4 Å². The number of anilines is 1. The van der Waals surface area contributed by atoms with Crippen LogP contribution >= 0.6 is 12.2 Å². The number of hydrogen-bond donors (Lipinski definition) is 0. The third-order valence-corrected chi connectivity index (χ3v) is 3.74. The number of hydrogen-bond acceptors (Lipinski definition) is 3. The first-order valence-corrected chi connectivity index (χ1v) is 7.03. The van der Waals surface area contributed by atoms with Crippen molar-refractivity contribution < 1.29 is 31.5 Å². The summed E-state index contributed by atoms with van der Waals surface area (Å²) in [7, 11) is 0. The van der Waals surface area contributed by atoms with Crippen molar-refractivity contribution in [3.63, 3.8) is 0 Å². The molecule has 1 aliphatic rings. The van der Waals surface area contributed by atoms with E-state index in [1.807, 2.05) is 0 Å². The highest BCUT2D eigenvalue weighted by atomic mass is 32.1. The minimum absolute atomic E-state index is 0.115. The smallest absolute Gasteiger partial charge is 0.282 e. The van der Waals surface area contributed by atoms with E-state index in [1.165, 1.54) is 12.1 Å². The van der Waals surface area contributed by atoms with Crippen molar-refractivity contribution in [3.8, 4) is 0 Å². The molecular weight excluding hydrogens is 355 g/mol. The first-order valence-electron chi connectivity index (χ1n) is 6.62. The van der Waals surface area contributed by atoms with E-state index in [1.54, 1.807) is 19.1 Å². The maximum absolute atomic E-state index is 13.3. The summed E-state index contributed by atoms with van der Waals surface area (Å²) in [5.74, 6) is -7.13. The van der Waals surface area contributed by atoms with Gasteiger partial charge in [-0.1, -0.05) is 17.7 Å². The van der Waals surface area contributed by atoms with Crippen LogP contribution in [0.3, 0.4) is 0 Å². The molecule has 0 N–H and O–H groups in total. The third kappa shape index (κ3) is 3.37. The monoisotopic (exact) mass is 366 g/mol. The molecule has 24 heavy (non-hydrogen) atoms. The van der Waals surface area contributed by atoms with Crippen molar-refractivity contribution in [1.82, 2.24) is 4.90 Å². The molecule has 0 atom stereocenters. The Kier molecular flexibility index (Phi) is 4.62. The number of benzene rings is 1. The molecule has 0 bridgehead atoms. The maximum Gasteiger partial charge on any atom is 0.455 e. The first kappa shape index (κ1) is 18.2. The minimum atomic E-state index is -5.83. The number of carbonyl (C=O) groups is 2. The molecule has 1 aromatic rings. The zero-order valence-corrected chi connectivity index (χ0v) is 13.0. The second-order valence-electron chi connectivity index (χ2n) is 5.21. The molecule has 130 valence electrons. The van der Waals surface area contributed by atoms with Crippen molar-refractivity contribution in [1.29, 1.82) is 0 Å². The number of thiocarbonyl (C=S) groups is 1. The number of nitrogens with zero attached hydrogens (tertiary/aromatic N) is 2. The predicted molar refractivity (Wildman–Crippen MR) is 78.6 cm³/mol. The lowest BCUT2D eigenvalue weighted by molar-refractivity contribution is -0.283. The number of alkyl halides is 5. The Morgan fingerprint density at radius 3 is 2.08 bits per heavy atom. The van der Waals surface area contributed by atoms with Crippen LogP contribution in [0, 0.1) is 6.92 Å². The van der Waals surface area contributed by atoms with Crippen molar-refractivity contribution >= 4 is 34.8 Å². The van der Waals surface area contributed by atoms with Gasteiger partial charge in [0, 0.05) is 0 Å². The van der Waals surface area contributed by atoms with Crippen molar-refractivity contribution in [3.05, 3.63) is 29.8 Å².